The predicted molar refractivity (Wildman–Crippen MR) is 54.2 cm³/mol. The van der Waals surface area contributed by atoms with Crippen molar-refractivity contribution in [2.45, 2.75) is 13.8 Å². The van der Waals surface area contributed by atoms with E-state index in [0.717, 1.165) is 6.92 Å². The maximum absolute atomic E-state index is 13.7. The summed E-state index contributed by atoms with van der Waals surface area (Å²) in [6, 6.07) is 0. The average Bonchev–Trinajstić information content (AvgIpc) is 2.18. The quantitative estimate of drug-likeness (QED) is 0.748. The van der Waals surface area contributed by atoms with Gasteiger partial charge in [0, 0.05) is 5.56 Å². The van der Waals surface area contributed by atoms with Gasteiger partial charge in [0.2, 0.25) is 0 Å². The molecule has 0 fully saturated rings. The third-order valence-corrected chi connectivity index (χ3v) is 2.28. The van der Waals surface area contributed by atoms with Gasteiger partial charge in [-0.3, -0.25) is 4.79 Å². The van der Waals surface area contributed by atoms with Crippen LogP contribution in [0.4, 0.5) is 8.78 Å². The highest BCUT2D eigenvalue weighted by Crippen LogP contribution is 2.36. The molecule has 0 saturated carbocycles. The molecule has 0 atom stereocenters. The van der Waals surface area contributed by atoms with E-state index >= 15 is 0 Å². The largest absolute Gasteiger partial charge is 0.493 e. The minimum absolute atomic E-state index is 0.177. The number of carbonyl (C=O) groups is 1. The van der Waals surface area contributed by atoms with Gasteiger partial charge in [-0.1, -0.05) is 0 Å². The maximum atomic E-state index is 13.7. The summed E-state index contributed by atoms with van der Waals surface area (Å²) in [4.78, 5) is 11.1. The van der Waals surface area contributed by atoms with Crippen molar-refractivity contribution in [3.8, 4) is 11.5 Å². The molecular formula is C11H12F2O3. The van der Waals surface area contributed by atoms with Gasteiger partial charge in [0.1, 0.15) is 0 Å². The number of ether oxygens (including phenoxy) is 2. The lowest BCUT2D eigenvalue weighted by molar-refractivity contribution is 0.100. The van der Waals surface area contributed by atoms with Crippen LogP contribution < -0.4 is 9.47 Å². The molecule has 0 aliphatic rings. The van der Waals surface area contributed by atoms with Crippen LogP contribution in [0.25, 0.3) is 0 Å². The van der Waals surface area contributed by atoms with Crippen LogP contribution in [-0.4, -0.2) is 20.0 Å². The summed E-state index contributed by atoms with van der Waals surface area (Å²) in [5.74, 6) is -3.06. The van der Waals surface area contributed by atoms with Gasteiger partial charge >= 0.3 is 0 Å². The van der Waals surface area contributed by atoms with Crippen LogP contribution in [0, 0.1) is 18.6 Å². The van der Waals surface area contributed by atoms with Gasteiger partial charge in [-0.25, -0.2) is 8.78 Å². The first-order valence-electron chi connectivity index (χ1n) is 4.56. The number of ketones is 1. The first-order valence-corrected chi connectivity index (χ1v) is 4.56. The molecule has 0 amide bonds. The molecule has 88 valence electrons. The summed E-state index contributed by atoms with van der Waals surface area (Å²) in [7, 11) is 2.49. The molecule has 1 aromatic rings. The summed E-state index contributed by atoms with van der Waals surface area (Å²) in [6.45, 7) is 2.53. The second kappa shape index (κ2) is 4.47. The fraction of sp³-hybridized carbons (Fsp3) is 0.364. The van der Waals surface area contributed by atoms with Crippen LogP contribution in [0.1, 0.15) is 22.8 Å². The summed E-state index contributed by atoms with van der Waals surface area (Å²) >= 11 is 0. The number of hydrogen-bond acceptors (Lipinski definition) is 3. The molecule has 0 saturated heterocycles. The van der Waals surface area contributed by atoms with E-state index in [4.69, 9.17) is 9.47 Å². The van der Waals surface area contributed by atoms with E-state index in [1.165, 1.54) is 21.1 Å². The van der Waals surface area contributed by atoms with Crippen molar-refractivity contribution >= 4 is 5.78 Å². The highest BCUT2D eigenvalue weighted by molar-refractivity contribution is 5.96. The van der Waals surface area contributed by atoms with Crippen molar-refractivity contribution < 1.29 is 23.0 Å². The number of Topliss-reactive ketones (excluding diaryl/α,β-unsaturated/α-hetero) is 1. The van der Waals surface area contributed by atoms with E-state index < -0.39 is 23.0 Å². The van der Waals surface area contributed by atoms with Gasteiger partial charge < -0.3 is 9.47 Å². The standard InChI is InChI=1S/C11H12F2O3/c1-5-10(15-3)8(12)7(6(2)14)9(13)11(5)16-4/h1-4H3. The molecule has 0 aliphatic carbocycles. The second-order valence-electron chi connectivity index (χ2n) is 3.25. The van der Waals surface area contributed by atoms with Gasteiger partial charge in [0.05, 0.1) is 19.8 Å². The minimum atomic E-state index is -0.995. The summed E-state index contributed by atoms with van der Waals surface area (Å²) in [5, 5.41) is 0. The zero-order valence-corrected chi connectivity index (χ0v) is 9.48. The first kappa shape index (κ1) is 12.4. The Kier molecular flexibility index (Phi) is 3.47. The van der Waals surface area contributed by atoms with Gasteiger partial charge in [0.25, 0.3) is 0 Å². The number of halogens is 2. The molecule has 16 heavy (non-hydrogen) atoms. The lowest BCUT2D eigenvalue weighted by Crippen LogP contribution is -2.08. The van der Waals surface area contributed by atoms with Crippen molar-refractivity contribution in [3.05, 3.63) is 22.8 Å². The fourth-order valence-corrected chi connectivity index (χ4v) is 1.55. The number of methoxy groups -OCH3 is 2. The molecular weight excluding hydrogens is 218 g/mol. The Morgan fingerprint density at radius 3 is 1.69 bits per heavy atom. The fourth-order valence-electron chi connectivity index (χ4n) is 1.55. The Morgan fingerprint density at radius 2 is 1.44 bits per heavy atom. The van der Waals surface area contributed by atoms with Gasteiger partial charge in [0.15, 0.2) is 28.9 Å². The smallest absolute Gasteiger partial charge is 0.179 e. The Labute approximate surface area is 92.0 Å². The van der Waals surface area contributed by atoms with E-state index in [-0.39, 0.29) is 17.1 Å². The highest BCUT2D eigenvalue weighted by Gasteiger charge is 2.26. The van der Waals surface area contributed by atoms with Crippen LogP contribution in [0.2, 0.25) is 0 Å². The van der Waals surface area contributed by atoms with Gasteiger partial charge in [-0.05, 0) is 13.8 Å². The lowest BCUT2D eigenvalue weighted by Gasteiger charge is -2.14. The Bertz CT molecular complexity index is 410. The first-order chi connectivity index (χ1) is 7.45. The van der Waals surface area contributed by atoms with Gasteiger partial charge in [-0.15, -0.1) is 0 Å². The molecule has 0 aromatic heterocycles. The van der Waals surface area contributed by atoms with Crippen LogP contribution in [0.3, 0.4) is 0 Å². The third-order valence-electron chi connectivity index (χ3n) is 2.28. The molecule has 1 aromatic carbocycles. The maximum Gasteiger partial charge on any atom is 0.179 e. The summed E-state index contributed by atoms with van der Waals surface area (Å²) in [5.41, 5.74) is -0.454. The number of benzene rings is 1. The average molecular weight is 230 g/mol. The molecule has 0 bridgehead atoms. The Balaban J connectivity index is 3.70. The van der Waals surface area contributed by atoms with E-state index in [1.807, 2.05) is 0 Å². The van der Waals surface area contributed by atoms with Crippen molar-refractivity contribution in [2.75, 3.05) is 14.2 Å². The van der Waals surface area contributed by atoms with Crippen molar-refractivity contribution in [2.24, 2.45) is 0 Å². The van der Waals surface area contributed by atoms with E-state index in [9.17, 15) is 13.6 Å². The molecule has 0 unspecified atom stereocenters. The van der Waals surface area contributed by atoms with E-state index in [0.29, 0.717) is 0 Å². The zero-order valence-electron chi connectivity index (χ0n) is 9.48. The Morgan fingerprint density at radius 1 is 1.06 bits per heavy atom. The SMILES string of the molecule is COc1c(C)c(OC)c(F)c(C(C)=O)c1F. The zero-order chi connectivity index (χ0) is 12.5. The molecule has 0 radical (unpaired) electrons. The molecule has 0 N–H and O–H groups in total. The second-order valence-corrected chi connectivity index (χ2v) is 3.25. The van der Waals surface area contributed by atoms with Crippen molar-refractivity contribution in [3.63, 3.8) is 0 Å². The monoisotopic (exact) mass is 230 g/mol. The van der Waals surface area contributed by atoms with E-state index in [2.05, 4.69) is 0 Å². The molecule has 0 heterocycles. The van der Waals surface area contributed by atoms with Crippen LogP contribution in [0.15, 0.2) is 0 Å². The van der Waals surface area contributed by atoms with Gasteiger partial charge in [-0.2, -0.15) is 0 Å². The van der Waals surface area contributed by atoms with E-state index in [1.54, 1.807) is 0 Å². The molecule has 5 heteroatoms. The number of hydrogen-bond donors (Lipinski definition) is 0. The molecule has 0 aliphatic heterocycles. The van der Waals surface area contributed by atoms with Crippen LogP contribution in [0.5, 0.6) is 11.5 Å². The predicted octanol–water partition coefficient (Wildman–Crippen LogP) is 2.49. The molecule has 0 spiro atoms. The van der Waals surface area contributed by atoms with Crippen LogP contribution in [-0.2, 0) is 0 Å². The Hall–Kier alpha value is -1.65. The summed E-state index contributed by atoms with van der Waals surface area (Å²) in [6.07, 6.45) is 0. The summed E-state index contributed by atoms with van der Waals surface area (Å²) < 4.78 is 37.0. The topological polar surface area (TPSA) is 35.5 Å². The minimum Gasteiger partial charge on any atom is -0.493 e. The normalized spacial score (nSPS) is 10.1. The molecule has 1 rings (SSSR count). The lowest BCUT2D eigenvalue weighted by atomic mass is 10.0. The third kappa shape index (κ3) is 1.73. The number of carbonyl (C=O) groups excluding carboxylic acids is 1. The molecule has 3 nitrogen and oxygen atoms in total. The van der Waals surface area contributed by atoms with Crippen molar-refractivity contribution in [1.82, 2.24) is 0 Å². The number of rotatable bonds is 3. The van der Waals surface area contributed by atoms with Crippen LogP contribution >= 0.6 is 0 Å². The highest BCUT2D eigenvalue weighted by atomic mass is 19.1. The van der Waals surface area contributed by atoms with Crippen molar-refractivity contribution in [1.29, 1.82) is 0 Å².